The Bertz CT molecular complexity index is 1450. The molecule has 0 atom stereocenters. The summed E-state index contributed by atoms with van der Waals surface area (Å²) >= 11 is 0. The second kappa shape index (κ2) is 10.5. The summed E-state index contributed by atoms with van der Waals surface area (Å²) in [5.41, 5.74) is 5.09. The first kappa shape index (κ1) is 24.7. The third-order valence-electron chi connectivity index (χ3n) is 6.59. The van der Waals surface area contributed by atoms with Crippen LogP contribution in [0.4, 0.5) is 0 Å². The molecule has 0 amide bonds. The number of aromatic nitrogens is 2. The van der Waals surface area contributed by atoms with Crippen molar-refractivity contribution in [1.29, 1.82) is 0 Å². The fourth-order valence-corrected chi connectivity index (χ4v) is 5.74. The molecule has 0 bridgehead atoms. The molecule has 0 unspecified atom stereocenters. The molecule has 0 saturated carbocycles. The highest BCUT2D eigenvalue weighted by Crippen LogP contribution is 2.45. The highest BCUT2D eigenvalue weighted by Gasteiger charge is 2.41. The Hall–Kier alpha value is -4.00. The zero-order chi connectivity index (χ0) is 25.7. The summed E-state index contributed by atoms with van der Waals surface area (Å²) in [4.78, 5) is 8.26. The molecule has 0 saturated heterocycles. The van der Waals surface area contributed by atoms with E-state index in [4.69, 9.17) is 9.17 Å². The molecule has 186 valence electrons. The van der Waals surface area contributed by atoms with E-state index in [0.717, 1.165) is 33.6 Å². The van der Waals surface area contributed by atoms with Crippen LogP contribution in [0.5, 0.6) is 0 Å². The Balaban J connectivity index is 1.57. The van der Waals surface area contributed by atoms with E-state index in [1.54, 1.807) is 30.6 Å². The third kappa shape index (κ3) is 4.86. The summed E-state index contributed by atoms with van der Waals surface area (Å²) in [5.74, 6) is 0. The van der Waals surface area contributed by atoms with Crippen LogP contribution < -0.4 is 0 Å². The van der Waals surface area contributed by atoms with Gasteiger partial charge in [0.1, 0.15) is 0 Å². The van der Waals surface area contributed by atoms with E-state index >= 15 is 0 Å². The maximum atomic E-state index is 12.8. The summed E-state index contributed by atoms with van der Waals surface area (Å²) in [5, 5.41) is 0. The SMILES string of the molecule is Cc1ccc(S(=O)(=O)OCCc2[nH]cnc2C(c2ccccc2)(c2ccccc2)c2ccccc2)cc1. The van der Waals surface area contributed by atoms with Gasteiger partial charge in [0.2, 0.25) is 0 Å². The van der Waals surface area contributed by atoms with Crippen LogP contribution in [-0.4, -0.2) is 25.0 Å². The lowest BCUT2D eigenvalue weighted by Crippen LogP contribution is -2.32. The van der Waals surface area contributed by atoms with E-state index in [-0.39, 0.29) is 11.5 Å². The van der Waals surface area contributed by atoms with Crippen molar-refractivity contribution in [3.63, 3.8) is 0 Å². The first-order valence-corrected chi connectivity index (χ1v) is 13.6. The number of aryl methyl sites for hydroxylation is 1. The first-order valence-electron chi connectivity index (χ1n) is 12.2. The van der Waals surface area contributed by atoms with E-state index in [0.29, 0.717) is 6.42 Å². The van der Waals surface area contributed by atoms with Crippen molar-refractivity contribution in [3.8, 4) is 0 Å². The lowest BCUT2D eigenvalue weighted by atomic mass is 9.66. The van der Waals surface area contributed by atoms with Crippen LogP contribution in [-0.2, 0) is 26.1 Å². The number of nitrogens with one attached hydrogen (secondary N) is 1. The lowest BCUT2D eigenvalue weighted by Gasteiger charge is -2.35. The van der Waals surface area contributed by atoms with Crippen molar-refractivity contribution in [2.75, 3.05) is 6.61 Å². The molecule has 1 heterocycles. The number of hydrogen-bond donors (Lipinski definition) is 1. The molecule has 5 nitrogen and oxygen atoms in total. The predicted octanol–water partition coefficient (Wildman–Crippen LogP) is 6.05. The van der Waals surface area contributed by atoms with Gasteiger partial charge >= 0.3 is 0 Å². The van der Waals surface area contributed by atoms with Crippen molar-refractivity contribution in [3.05, 3.63) is 155 Å². The lowest BCUT2D eigenvalue weighted by molar-refractivity contribution is 0.320. The van der Waals surface area contributed by atoms with Gasteiger partial charge in [-0.05, 0) is 35.7 Å². The Morgan fingerprint density at radius 1 is 0.730 bits per heavy atom. The third-order valence-corrected chi connectivity index (χ3v) is 7.92. The Labute approximate surface area is 217 Å². The maximum Gasteiger partial charge on any atom is 0.296 e. The molecule has 1 aromatic heterocycles. The molecule has 5 aromatic rings. The average molecular weight is 509 g/mol. The summed E-state index contributed by atoms with van der Waals surface area (Å²) in [6, 6.07) is 37.5. The number of H-pyrrole nitrogens is 1. The topological polar surface area (TPSA) is 72.1 Å². The summed E-state index contributed by atoms with van der Waals surface area (Å²) < 4.78 is 31.0. The first-order chi connectivity index (χ1) is 18.0. The van der Waals surface area contributed by atoms with E-state index in [1.807, 2.05) is 61.5 Å². The van der Waals surface area contributed by atoms with Crippen molar-refractivity contribution < 1.29 is 12.6 Å². The van der Waals surface area contributed by atoms with E-state index in [9.17, 15) is 8.42 Å². The Kier molecular flexibility index (Phi) is 7.04. The molecule has 0 aliphatic heterocycles. The van der Waals surface area contributed by atoms with E-state index in [2.05, 4.69) is 41.4 Å². The molecular weight excluding hydrogens is 480 g/mol. The molecule has 1 N–H and O–H groups in total. The van der Waals surface area contributed by atoms with Gasteiger partial charge in [0.25, 0.3) is 10.1 Å². The fraction of sp³-hybridized carbons (Fsp3) is 0.129. The van der Waals surface area contributed by atoms with Gasteiger partial charge in [0.15, 0.2) is 0 Å². The maximum absolute atomic E-state index is 12.8. The van der Waals surface area contributed by atoms with Gasteiger partial charge < -0.3 is 4.98 Å². The monoisotopic (exact) mass is 508 g/mol. The number of rotatable bonds is 9. The number of hydrogen-bond acceptors (Lipinski definition) is 4. The Morgan fingerprint density at radius 3 is 1.70 bits per heavy atom. The number of aromatic amines is 1. The van der Waals surface area contributed by atoms with Crippen molar-refractivity contribution in [2.24, 2.45) is 0 Å². The van der Waals surface area contributed by atoms with Crippen molar-refractivity contribution in [2.45, 2.75) is 23.7 Å². The van der Waals surface area contributed by atoms with Gasteiger partial charge in [-0.2, -0.15) is 8.42 Å². The zero-order valence-corrected chi connectivity index (χ0v) is 21.4. The highest BCUT2D eigenvalue weighted by atomic mass is 32.2. The largest absolute Gasteiger partial charge is 0.348 e. The number of benzene rings is 4. The van der Waals surface area contributed by atoms with Crippen LogP contribution in [0.1, 0.15) is 33.6 Å². The van der Waals surface area contributed by atoms with Gasteiger partial charge in [0, 0.05) is 12.1 Å². The van der Waals surface area contributed by atoms with Gasteiger partial charge in [-0.1, -0.05) is 109 Å². The van der Waals surface area contributed by atoms with Crippen LogP contribution in [0.3, 0.4) is 0 Å². The minimum atomic E-state index is -3.87. The molecule has 0 aliphatic carbocycles. The van der Waals surface area contributed by atoms with Crippen LogP contribution in [0, 0.1) is 6.92 Å². The molecule has 37 heavy (non-hydrogen) atoms. The minimum absolute atomic E-state index is 0.0140. The molecule has 4 aromatic carbocycles. The smallest absolute Gasteiger partial charge is 0.296 e. The molecule has 0 spiro atoms. The van der Waals surface area contributed by atoms with Gasteiger partial charge in [-0.3, -0.25) is 4.18 Å². The predicted molar refractivity (Wildman–Crippen MR) is 145 cm³/mol. The van der Waals surface area contributed by atoms with Gasteiger partial charge in [-0.25, -0.2) is 4.98 Å². The quantitative estimate of drug-likeness (QED) is 0.194. The van der Waals surface area contributed by atoms with E-state index in [1.165, 1.54) is 0 Å². The summed E-state index contributed by atoms with van der Waals surface area (Å²) in [6.07, 6.45) is 2.01. The average Bonchev–Trinajstić information content (AvgIpc) is 3.40. The summed E-state index contributed by atoms with van der Waals surface area (Å²) in [6.45, 7) is 1.90. The standard InChI is InChI=1S/C31H28N2O3S/c1-24-17-19-28(20-18-24)37(34,35)36-22-21-29-30(33-23-32-29)31(25-11-5-2-6-12-25,26-13-7-3-8-14-26)27-15-9-4-10-16-27/h2-20,23H,21-22H2,1H3,(H,32,33). The van der Waals surface area contributed by atoms with Crippen molar-refractivity contribution in [1.82, 2.24) is 9.97 Å². The molecule has 5 rings (SSSR count). The number of nitrogens with zero attached hydrogens (tertiary/aromatic N) is 1. The summed E-state index contributed by atoms with van der Waals surface area (Å²) in [7, 11) is -3.87. The van der Waals surface area contributed by atoms with Gasteiger partial charge in [-0.15, -0.1) is 0 Å². The zero-order valence-electron chi connectivity index (χ0n) is 20.5. The second-order valence-electron chi connectivity index (χ2n) is 8.92. The van der Waals surface area contributed by atoms with Crippen LogP contribution in [0.2, 0.25) is 0 Å². The van der Waals surface area contributed by atoms with E-state index < -0.39 is 15.5 Å². The molecule has 0 fully saturated rings. The fourth-order valence-electron chi connectivity index (χ4n) is 4.84. The Morgan fingerprint density at radius 2 is 1.22 bits per heavy atom. The van der Waals surface area contributed by atoms with Crippen molar-refractivity contribution >= 4 is 10.1 Å². The molecular formula is C31H28N2O3S. The molecule has 0 aliphatic rings. The van der Waals surface area contributed by atoms with Crippen LogP contribution in [0.25, 0.3) is 0 Å². The molecule has 0 radical (unpaired) electrons. The highest BCUT2D eigenvalue weighted by molar-refractivity contribution is 7.86. The second-order valence-corrected chi connectivity index (χ2v) is 10.5. The van der Waals surface area contributed by atoms with Gasteiger partial charge in [0.05, 0.1) is 28.9 Å². The normalized spacial score (nSPS) is 11.9. The molecule has 6 heteroatoms. The number of imidazole rings is 1. The van der Waals surface area contributed by atoms with Crippen LogP contribution in [0.15, 0.2) is 126 Å². The van der Waals surface area contributed by atoms with Crippen LogP contribution >= 0.6 is 0 Å². The minimum Gasteiger partial charge on any atom is -0.348 e.